The molecule has 0 fully saturated rings. The quantitative estimate of drug-likeness (QED) is 0.550. The highest BCUT2D eigenvalue weighted by atomic mass is 32.1. The molecular weight excluding hydrogens is 136 g/mol. The van der Waals surface area contributed by atoms with E-state index >= 15 is 0 Å². The molecule has 0 atom stereocenters. The summed E-state index contributed by atoms with van der Waals surface area (Å²) in [5.74, 6) is 0. The Balaban J connectivity index is 3.28. The minimum absolute atomic E-state index is 0.195. The molecule has 0 spiro atoms. The van der Waals surface area contributed by atoms with Crippen LogP contribution >= 0.6 is 12.2 Å². The standard InChI is InChI=1S/C5H10N2OS/c1-4(9)3-7-5(8)6-2/h3H2,1-2H3,(H2,6,7,8). The summed E-state index contributed by atoms with van der Waals surface area (Å²) in [5, 5.41) is 4.95. The molecule has 0 rings (SSSR count). The zero-order valence-electron chi connectivity index (χ0n) is 5.52. The van der Waals surface area contributed by atoms with Gasteiger partial charge in [0.2, 0.25) is 0 Å². The third-order valence-corrected chi connectivity index (χ3v) is 0.869. The number of carbonyl (C=O) groups is 1. The summed E-state index contributed by atoms with van der Waals surface area (Å²) in [7, 11) is 1.56. The van der Waals surface area contributed by atoms with Gasteiger partial charge in [0.1, 0.15) is 0 Å². The molecule has 0 saturated carbocycles. The summed E-state index contributed by atoms with van der Waals surface area (Å²) in [6, 6.07) is -0.195. The van der Waals surface area contributed by atoms with Gasteiger partial charge < -0.3 is 10.6 Å². The third-order valence-electron chi connectivity index (χ3n) is 0.725. The number of hydrogen-bond donors (Lipinski definition) is 2. The van der Waals surface area contributed by atoms with Crippen molar-refractivity contribution in [3.8, 4) is 0 Å². The van der Waals surface area contributed by atoms with Gasteiger partial charge in [-0.05, 0) is 6.92 Å². The van der Waals surface area contributed by atoms with E-state index in [0.717, 1.165) is 4.86 Å². The Hall–Kier alpha value is -0.640. The lowest BCUT2D eigenvalue weighted by Gasteiger charge is -2.00. The van der Waals surface area contributed by atoms with E-state index in [0.29, 0.717) is 6.54 Å². The minimum Gasteiger partial charge on any atom is -0.341 e. The summed E-state index contributed by atoms with van der Waals surface area (Å²) in [5.41, 5.74) is 0. The third kappa shape index (κ3) is 5.23. The van der Waals surface area contributed by atoms with Gasteiger partial charge in [-0.1, -0.05) is 12.2 Å². The van der Waals surface area contributed by atoms with Crippen molar-refractivity contribution in [2.75, 3.05) is 13.6 Å². The molecule has 9 heavy (non-hydrogen) atoms. The van der Waals surface area contributed by atoms with Crippen LogP contribution < -0.4 is 10.6 Å². The maximum absolute atomic E-state index is 10.4. The van der Waals surface area contributed by atoms with Gasteiger partial charge in [0.05, 0.1) is 6.54 Å². The van der Waals surface area contributed by atoms with Gasteiger partial charge in [0, 0.05) is 11.9 Å². The van der Waals surface area contributed by atoms with E-state index in [-0.39, 0.29) is 6.03 Å². The second-order valence-electron chi connectivity index (χ2n) is 1.63. The van der Waals surface area contributed by atoms with E-state index in [4.69, 9.17) is 12.2 Å². The molecule has 4 heteroatoms. The summed E-state index contributed by atoms with van der Waals surface area (Å²) >= 11 is 4.72. The lowest BCUT2D eigenvalue weighted by molar-refractivity contribution is 0.244. The molecule has 0 aliphatic carbocycles. The Morgan fingerprint density at radius 1 is 1.67 bits per heavy atom. The van der Waals surface area contributed by atoms with Crippen LogP contribution in [0.2, 0.25) is 0 Å². The summed E-state index contributed by atoms with van der Waals surface area (Å²) in [6.07, 6.45) is 0. The van der Waals surface area contributed by atoms with Crippen LogP contribution in [-0.4, -0.2) is 24.5 Å². The maximum atomic E-state index is 10.4. The summed E-state index contributed by atoms with van der Waals surface area (Å²) in [6.45, 7) is 2.25. The first-order valence-electron chi connectivity index (χ1n) is 2.62. The van der Waals surface area contributed by atoms with Crippen molar-refractivity contribution in [3.05, 3.63) is 0 Å². The molecule has 0 aliphatic heterocycles. The predicted octanol–water partition coefficient (Wildman–Crippen LogP) is 0.305. The van der Waals surface area contributed by atoms with Crippen molar-refractivity contribution in [1.82, 2.24) is 10.6 Å². The second kappa shape index (κ2) is 4.26. The molecule has 0 aromatic heterocycles. The smallest absolute Gasteiger partial charge is 0.314 e. The monoisotopic (exact) mass is 146 g/mol. The Labute approximate surface area is 59.8 Å². The molecule has 0 unspecified atom stereocenters. The van der Waals surface area contributed by atoms with Gasteiger partial charge in [0.25, 0.3) is 0 Å². The van der Waals surface area contributed by atoms with Crippen molar-refractivity contribution in [3.63, 3.8) is 0 Å². The van der Waals surface area contributed by atoms with E-state index in [1.165, 1.54) is 0 Å². The first-order valence-corrected chi connectivity index (χ1v) is 3.02. The Kier molecular flexibility index (Phi) is 3.96. The molecule has 3 nitrogen and oxygen atoms in total. The van der Waals surface area contributed by atoms with Crippen LogP contribution in [0.1, 0.15) is 6.92 Å². The lowest BCUT2D eigenvalue weighted by atomic mass is 10.5. The van der Waals surface area contributed by atoms with Crippen molar-refractivity contribution in [2.45, 2.75) is 6.92 Å². The van der Waals surface area contributed by atoms with Crippen LogP contribution in [0.25, 0.3) is 0 Å². The Morgan fingerprint density at radius 3 is 2.56 bits per heavy atom. The van der Waals surface area contributed by atoms with Crippen LogP contribution in [-0.2, 0) is 0 Å². The van der Waals surface area contributed by atoms with Gasteiger partial charge in [-0.15, -0.1) is 0 Å². The van der Waals surface area contributed by atoms with E-state index in [2.05, 4.69) is 10.6 Å². The average molecular weight is 146 g/mol. The fourth-order valence-electron chi connectivity index (χ4n) is 0.293. The minimum atomic E-state index is -0.195. The average Bonchev–Trinajstić information content (AvgIpc) is 1.83. The Morgan fingerprint density at radius 2 is 2.22 bits per heavy atom. The number of thiocarbonyl (C=S) groups is 1. The van der Waals surface area contributed by atoms with Crippen molar-refractivity contribution < 1.29 is 4.79 Å². The number of hydrogen-bond acceptors (Lipinski definition) is 2. The van der Waals surface area contributed by atoms with Gasteiger partial charge >= 0.3 is 6.03 Å². The van der Waals surface area contributed by atoms with Crippen molar-refractivity contribution >= 4 is 23.1 Å². The zero-order valence-corrected chi connectivity index (χ0v) is 6.34. The van der Waals surface area contributed by atoms with Crippen LogP contribution in [0.4, 0.5) is 4.79 Å². The molecule has 2 amide bonds. The summed E-state index contributed by atoms with van der Waals surface area (Å²) < 4.78 is 0. The maximum Gasteiger partial charge on any atom is 0.314 e. The SMILES string of the molecule is CNC(=O)NCC(C)=S. The van der Waals surface area contributed by atoms with E-state index in [9.17, 15) is 4.79 Å². The fraction of sp³-hybridized carbons (Fsp3) is 0.600. The lowest BCUT2D eigenvalue weighted by Crippen LogP contribution is -2.35. The van der Waals surface area contributed by atoms with Crippen LogP contribution in [0, 0.1) is 0 Å². The molecular formula is C5H10N2OS. The van der Waals surface area contributed by atoms with Gasteiger partial charge in [0.15, 0.2) is 0 Å². The topological polar surface area (TPSA) is 41.1 Å². The molecule has 0 radical (unpaired) electrons. The number of carbonyl (C=O) groups excluding carboxylic acids is 1. The summed E-state index contributed by atoms with van der Waals surface area (Å²) in [4.78, 5) is 11.2. The second-order valence-corrected chi connectivity index (χ2v) is 2.33. The van der Waals surface area contributed by atoms with Gasteiger partial charge in [-0.3, -0.25) is 0 Å². The highest BCUT2D eigenvalue weighted by Gasteiger charge is 1.92. The van der Waals surface area contributed by atoms with Crippen LogP contribution in [0.3, 0.4) is 0 Å². The molecule has 0 saturated heterocycles. The Bertz CT molecular complexity index is 124. The number of nitrogens with one attached hydrogen (secondary N) is 2. The first kappa shape index (κ1) is 8.36. The molecule has 2 N–H and O–H groups in total. The zero-order chi connectivity index (χ0) is 7.28. The van der Waals surface area contributed by atoms with Gasteiger partial charge in [-0.2, -0.15) is 0 Å². The van der Waals surface area contributed by atoms with Crippen LogP contribution in [0.15, 0.2) is 0 Å². The normalized spacial score (nSPS) is 8.22. The molecule has 52 valence electrons. The van der Waals surface area contributed by atoms with Crippen LogP contribution in [0.5, 0.6) is 0 Å². The molecule has 0 aromatic rings. The predicted molar refractivity (Wildman–Crippen MR) is 40.7 cm³/mol. The fourth-order valence-corrected chi connectivity index (χ4v) is 0.365. The first-order chi connectivity index (χ1) is 4.16. The van der Waals surface area contributed by atoms with Crippen molar-refractivity contribution in [1.29, 1.82) is 0 Å². The molecule has 0 aliphatic rings. The number of rotatable bonds is 2. The van der Waals surface area contributed by atoms with E-state index < -0.39 is 0 Å². The van der Waals surface area contributed by atoms with Gasteiger partial charge in [-0.25, -0.2) is 4.79 Å². The van der Waals surface area contributed by atoms with E-state index in [1.54, 1.807) is 14.0 Å². The molecule has 0 aromatic carbocycles. The highest BCUT2D eigenvalue weighted by molar-refractivity contribution is 7.80. The molecule has 0 bridgehead atoms. The number of urea groups is 1. The largest absolute Gasteiger partial charge is 0.341 e. The van der Waals surface area contributed by atoms with Crippen molar-refractivity contribution in [2.24, 2.45) is 0 Å². The highest BCUT2D eigenvalue weighted by Crippen LogP contribution is 1.69. The van der Waals surface area contributed by atoms with E-state index in [1.807, 2.05) is 0 Å². The molecule has 0 heterocycles. The number of amides is 2.